The van der Waals surface area contributed by atoms with Crippen LogP contribution in [-0.4, -0.2) is 17.8 Å². The first-order valence-corrected chi connectivity index (χ1v) is 8.64. The second-order valence-electron chi connectivity index (χ2n) is 5.39. The minimum absolute atomic E-state index is 0.181. The second-order valence-corrected chi connectivity index (χ2v) is 6.74. The Kier molecular flexibility index (Phi) is 5.39. The normalized spacial score (nSPS) is 13.9. The van der Waals surface area contributed by atoms with Crippen molar-refractivity contribution in [3.63, 3.8) is 0 Å². The Bertz CT molecular complexity index is 903. The topological polar surface area (TPSA) is 84.5 Å². The molecule has 4 amide bonds. The number of urea groups is 1. The van der Waals surface area contributed by atoms with Crippen LogP contribution in [0.3, 0.4) is 0 Å². The summed E-state index contributed by atoms with van der Waals surface area (Å²) in [6.07, 6.45) is 1.37. The molecule has 2 N–H and O–H groups in total. The number of barbiturate groups is 1. The SMILES string of the molecule is O=C1NC(=O)C(=Cc2cc(Br)ccc2OCc2ccc(Cl)cc2)C(=O)N1. The Morgan fingerprint density at radius 1 is 1.00 bits per heavy atom. The van der Waals surface area contributed by atoms with Crippen molar-refractivity contribution in [2.24, 2.45) is 0 Å². The average molecular weight is 436 g/mol. The number of benzene rings is 2. The van der Waals surface area contributed by atoms with E-state index in [-0.39, 0.29) is 12.2 Å². The van der Waals surface area contributed by atoms with E-state index < -0.39 is 17.8 Å². The van der Waals surface area contributed by atoms with E-state index in [2.05, 4.69) is 15.9 Å². The molecule has 2 aromatic rings. The zero-order valence-corrected chi connectivity index (χ0v) is 15.6. The number of hydrogen-bond acceptors (Lipinski definition) is 4. The fourth-order valence-corrected chi connectivity index (χ4v) is 2.77. The van der Waals surface area contributed by atoms with Gasteiger partial charge in [-0.2, -0.15) is 0 Å². The molecule has 0 radical (unpaired) electrons. The van der Waals surface area contributed by atoms with Gasteiger partial charge in [-0.3, -0.25) is 20.2 Å². The lowest BCUT2D eigenvalue weighted by atomic mass is 10.1. The maximum absolute atomic E-state index is 11.9. The summed E-state index contributed by atoms with van der Waals surface area (Å²) in [7, 11) is 0. The Balaban J connectivity index is 1.87. The number of amides is 4. The molecule has 1 heterocycles. The fourth-order valence-electron chi connectivity index (χ4n) is 2.27. The van der Waals surface area contributed by atoms with Gasteiger partial charge < -0.3 is 4.74 Å². The average Bonchev–Trinajstić information content (AvgIpc) is 2.58. The largest absolute Gasteiger partial charge is 0.488 e. The van der Waals surface area contributed by atoms with Gasteiger partial charge in [-0.1, -0.05) is 39.7 Å². The first-order chi connectivity index (χ1) is 12.4. The fraction of sp³-hybridized carbons (Fsp3) is 0.0556. The van der Waals surface area contributed by atoms with E-state index in [0.29, 0.717) is 16.3 Å². The van der Waals surface area contributed by atoms with Gasteiger partial charge in [0, 0.05) is 15.1 Å². The molecule has 1 aliphatic heterocycles. The number of hydrogen-bond donors (Lipinski definition) is 2. The summed E-state index contributed by atoms with van der Waals surface area (Å²) >= 11 is 9.21. The van der Waals surface area contributed by atoms with Crippen molar-refractivity contribution in [2.45, 2.75) is 6.61 Å². The van der Waals surface area contributed by atoms with Crippen LogP contribution in [0.1, 0.15) is 11.1 Å². The van der Waals surface area contributed by atoms with Crippen LogP contribution in [0.2, 0.25) is 5.02 Å². The maximum atomic E-state index is 11.9. The van der Waals surface area contributed by atoms with E-state index in [0.717, 1.165) is 10.0 Å². The van der Waals surface area contributed by atoms with E-state index in [4.69, 9.17) is 16.3 Å². The maximum Gasteiger partial charge on any atom is 0.328 e. The van der Waals surface area contributed by atoms with E-state index in [1.54, 1.807) is 30.3 Å². The molecule has 0 aromatic heterocycles. The van der Waals surface area contributed by atoms with Crippen molar-refractivity contribution in [1.29, 1.82) is 0 Å². The van der Waals surface area contributed by atoms with Crippen molar-refractivity contribution in [3.05, 3.63) is 68.7 Å². The van der Waals surface area contributed by atoms with Gasteiger partial charge in [0.05, 0.1) is 0 Å². The molecule has 0 unspecified atom stereocenters. The van der Waals surface area contributed by atoms with Crippen LogP contribution in [0.25, 0.3) is 6.08 Å². The minimum atomic E-state index is -0.842. The molecule has 8 heteroatoms. The first kappa shape index (κ1) is 18.2. The number of halogens is 2. The summed E-state index contributed by atoms with van der Waals surface area (Å²) in [6.45, 7) is 0.284. The number of carbonyl (C=O) groups excluding carboxylic acids is 3. The third-order valence-electron chi connectivity index (χ3n) is 3.52. The Hall–Kier alpha value is -2.64. The quantitative estimate of drug-likeness (QED) is 0.569. The molecular weight excluding hydrogens is 424 g/mol. The summed E-state index contributed by atoms with van der Waals surface area (Å²) in [5, 5.41) is 4.70. The lowest BCUT2D eigenvalue weighted by molar-refractivity contribution is -0.123. The zero-order valence-electron chi connectivity index (χ0n) is 13.2. The summed E-state index contributed by atoms with van der Waals surface area (Å²) in [6, 6.07) is 11.6. The highest BCUT2D eigenvalue weighted by Crippen LogP contribution is 2.27. The van der Waals surface area contributed by atoms with Gasteiger partial charge in [0.2, 0.25) is 0 Å². The standard InChI is InChI=1S/C18H12BrClN2O4/c19-12-3-6-15(26-9-10-1-4-13(20)5-2-10)11(7-12)8-14-16(23)21-18(25)22-17(14)24/h1-8H,9H2,(H2,21,22,23,24,25). The first-order valence-electron chi connectivity index (χ1n) is 7.47. The van der Waals surface area contributed by atoms with Crippen molar-refractivity contribution >= 4 is 51.5 Å². The van der Waals surface area contributed by atoms with Crippen molar-refractivity contribution in [3.8, 4) is 5.75 Å². The molecule has 0 aliphatic carbocycles. The molecule has 0 saturated carbocycles. The molecule has 0 bridgehead atoms. The number of rotatable bonds is 4. The molecule has 0 spiro atoms. The zero-order chi connectivity index (χ0) is 18.7. The molecule has 1 aliphatic rings. The Morgan fingerprint density at radius 2 is 1.65 bits per heavy atom. The monoisotopic (exact) mass is 434 g/mol. The molecule has 2 aromatic carbocycles. The van der Waals surface area contributed by atoms with Gasteiger partial charge >= 0.3 is 6.03 Å². The van der Waals surface area contributed by atoms with Crippen LogP contribution in [0.4, 0.5) is 4.79 Å². The number of ether oxygens (including phenoxy) is 1. The van der Waals surface area contributed by atoms with Gasteiger partial charge in [-0.05, 0) is 42.0 Å². The molecule has 0 atom stereocenters. The minimum Gasteiger partial charge on any atom is -0.488 e. The second kappa shape index (κ2) is 7.72. The Morgan fingerprint density at radius 3 is 2.31 bits per heavy atom. The molecule has 26 heavy (non-hydrogen) atoms. The molecule has 132 valence electrons. The summed E-state index contributed by atoms with van der Waals surface area (Å²) in [5.74, 6) is -1.04. The predicted octanol–water partition coefficient (Wildman–Crippen LogP) is 3.43. The van der Waals surface area contributed by atoms with Crippen LogP contribution in [-0.2, 0) is 16.2 Å². The highest BCUT2D eigenvalue weighted by atomic mass is 79.9. The lowest BCUT2D eigenvalue weighted by Gasteiger charge is -2.15. The highest BCUT2D eigenvalue weighted by molar-refractivity contribution is 9.10. The van der Waals surface area contributed by atoms with Crippen LogP contribution < -0.4 is 15.4 Å². The predicted molar refractivity (Wildman–Crippen MR) is 99.6 cm³/mol. The molecular formula is C18H12BrClN2O4. The van der Waals surface area contributed by atoms with Crippen LogP contribution >= 0.6 is 27.5 Å². The number of imide groups is 2. The van der Waals surface area contributed by atoms with Gasteiger partial charge in [-0.15, -0.1) is 0 Å². The van der Waals surface area contributed by atoms with Gasteiger partial charge in [0.25, 0.3) is 11.8 Å². The van der Waals surface area contributed by atoms with E-state index in [9.17, 15) is 14.4 Å². The van der Waals surface area contributed by atoms with E-state index in [1.165, 1.54) is 6.08 Å². The van der Waals surface area contributed by atoms with Crippen molar-refractivity contribution in [2.75, 3.05) is 0 Å². The van der Waals surface area contributed by atoms with Gasteiger partial charge in [0.15, 0.2) is 0 Å². The number of carbonyl (C=O) groups is 3. The van der Waals surface area contributed by atoms with Crippen LogP contribution in [0, 0.1) is 0 Å². The van der Waals surface area contributed by atoms with E-state index >= 15 is 0 Å². The smallest absolute Gasteiger partial charge is 0.328 e. The van der Waals surface area contributed by atoms with Gasteiger partial charge in [-0.25, -0.2) is 4.79 Å². The summed E-state index contributed by atoms with van der Waals surface area (Å²) in [5.41, 5.74) is 1.25. The third-order valence-corrected chi connectivity index (χ3v) is 4.27. The third kappa shape index (κ3) is 4.30. The lowest BCUT2D eigenvalue weighted by Crippen LogP contribution is -2.51. The molecule has 6 nitrogen and oxygen atoms in total. The van der Waals surface area contributed by atoms with E-state index in [1.807, 2.05) is 22.8 Å². The van der Waals surface area contributed by atoms with Crippen molar-refractivity contribution in [1.82, 2.24) is 10.6 Å². The molecule has 1 fully saturated rings. The number of nitrogens with one attached hydrogen (secondary N) is 2. The molecule has 3 rings (SSSR count). The van der Waals surface area contributed by atoms with Gasteiger partial charge in [0.1, 0.15) is 17.9 Å². The van der Waals surface area contributed by atoms with Crippen LogP contribution in [0.5, 0.6) is 5.75 Å². The van der Waals surface area contributed by atoms with Crippen molar-refractivity contribution < 1.29 is 19.1 Å². The van der Waals surface area contributed by atoms with Crippen LogP contribution in [0.15, 0.2) is 52.5 Å². The molecule has 1 saturated heterocycles. The highest BCUT2D eigenvalue weighted by Gasteiger charge is 2.28. The Labute approximate surface area is 162 Å². The summed E-state index contributed by atoms with van der Waals surface area (Å²) < 4.78 is 6.56. The summed E-state index contributed by atoms with van der Waals surface area (Å²) in [4.78, 5) is 35.0.